The van der Waals surface area contributed by atoms with Crippen molar-refractivity contribution in [3.05, 3.63) is 98.1 Å². The molecule has 39 heavy (non-hydrogen) atoms. The summed E-state index contributed by atoms with van der Waals surface area (Å²) in [5.41, 5.74) is 4.19. The molecule has 0 aliphatic heterocycles. The molecule has 1 amide bonds. The monoisotopic (exact) mass is 541 g/mol. The Morgan fingerprint density at radius 3 is 2.64 bits per heavy atom. The van der Waals surface area contributed by atoms with Gasteiger partial charge in [0.2, 0.25) is 0 Å². The van der Waals surface area contributed by atoms with Crippen molar-refractivity contribution in [3.63, 3.8) is 0 Å². The van der Waals surface area contributed by atoms with Crippen molar-refractivity contribution in [1.29, 1.82) is 0 Å². The van der Waals surface area contributed by atoms with Crippen LogP contribution in [0.4, 0.5) is 16.4 Å². The Kier molecular flexibility index (Phi) is 7.23. The third-order valence-electron chi connectivity index (χ3n) is 7.36. The van der Waals surface area contributed by atoms with Crippen LogP contribution in [0.5, 0.6) is 0 Å². The van der Waals surface area contributed by atoms with Crippen LogP contribution in [-0.4, -0.2) is 17.0 Å². The number of nitro benzene ring substituents is 1. The molecule has 0 fully saturated rings. The molecule has 0 radical (unpaired) electrons. The van der Waals surface area contributed by atoms with Crippen molar-refractivity contribution in [2.24, 2.45) is 16.3 Å². The van der Waals surface area contributed by atoms with E-state index >= 15 is 0 Å². The van der Waals surface area contributed by atoms with Crippen LogP contribution in [0.15, 0.2) is 70.1 Å². The normalized spacial score (nSPS) is 15.3. The molecule has 8 heteroatoms. The molecule has 200 valence electrons. The molecule has 0 bridgehead atoms. The van der Waals surface area contributed by atoms with Crippen LogP contribution in [0, 0.1) is 28.4 Å². The molecule has 1 aliphatic carbocycles. The van der Waals surface area contributed by atoms with Gasteiger partial charge in [-0.1, -0.05) is 45.0 Å². The van der Waals surface area contributed by atoms with Gasteiger partial charge in [0.15, 0.2) is 0 Å². The van der Waals surface area contributed by atoms with Gasteiger partial charge in [0, 0.05) is 28.3 Å². The Hall–Kier alpha value is -4.04. The Bertz CT molecular complexity index is 1560. The number of fused-ring (bicyclic) bond motifs is 1. The molecule has 0 spiro atoms. The van der Waals surface area contributed by atoms with Crippen molar-refractivity contribution in [3.8, 4) is 11.3 Å². The summed E-state index contributed by atoms with van der Waals surface area (Å²) in [5, 5.41) is 14.9. The van der Waals surface area contributed by atoms with E-state index in [4.69, 9.17) is 9.41 Å². The van der Waals surface area contributed by atoms with Gasteiger partial charge in [0.25, 0.3) is 11.6 Å². The van der Waals surface area contributed by atoms with Crippen LogP contribution >= 0.6 is 11.3 Å². The Morgan fingerprint density at radius 2 is 1.92 bits per heavy atom. The number of carbonyl (C=O) groups excluding carboxylic acids is 1. The highest BCUT2D eigenvalue weighted by atomic mass is 32.1. The first-order valence-corrected chi connectivity index (χ1v) is 13.8. The maximum Gasteiger partial charge on any atom is 0.270 e. The largest absolute Gasteiger partial charge is 0.455 e. The zero-order valence-electron chi connectivity index (χ0n) is 22.5. The van der Waals surface area contributed by atoms with Crippen molar-refractivity contribution in [2.75, 3.05) is 5.32 Å². The zero-order valence-corrected chi connectivity index (χ0v) is 23.3. The van der Waals surface area contributed by atoms with Crippen LogP contribution in [0.2, 0.25) is 0 Å². The van der Waals surface area contributed by atoms with E-state index in [1.807, 2.05) is 37.3 Å². The molecule has 1 N–H and O–H groups in total. The van der Waals surface area contributed by atoms with Crippen LogP contribution in [0.3, 0.4) is 0 Å². The van der Waals surface area contributed by atoms with Crippen LogP contribution in [-0.2, 0) is 12.8 Å². The van der Waals surface area contributed by atoms with Gasteiger partial charge in [-0.05, 0) is 72.9 Å². The van der Waals surface area contributed by atoms with Gasteiger partial charge in [-0.3, -0.25) is 14.9 Å². The third kappa shape index (κ3) is 5.71. The SMILES string of the molecule is Cc1ccc([N+](=O)[O-])cc1-c1ccc(C=Nc2sc3c(c2C(=O)Nc2ccccc2)CC[C@@H](C(C)(C)C)C3)o1. The Morgan fingerprint density at radius 1 is 1.15 bits per heavy atom. The van der Waals surface area contributed by atoms with Crippen LogP contribution in [0.25, 0.3) is 11.3 Å². The van der Waals surface area contributed by atoms with Crippen molar-refractivity contribution >= 4 is 39.8 Å². The number of hydrogen-bond donors (Lipinski definition) is 1. The first-order chi connectivity index (χ1) is 18.6. The Balaban J connectivity index is 1.47. The lowest BCUT2D eigenvalue weighted by Crippen LogP contribution is -2.27. The lowest BCUT2D eigenvalue weighted by atomic mass is 9.72. The molecule has 5 rings (SSSR count). The lowest BCUT2D eigenvalue weighted by Gasteiger charge is -2.33. The number of nitro groups is 1. The summed E-state index contributed by atoms with van der Waals surface area (Å²) in [7, 11) is 0. The van der Waals surface area contributed by atoms with Gasteiger partial charge in [-0.15, -0.1) is 11.3 Å². The fourth-order valence-electron chi connectivity index (χ4n) is 5.03. The van der Waals surface area contributed by atoms with Gasteiger partial charge >= 0.3 is 0 Å². The highest BCUT2D eigenvalue weighted by Crippen LogP contribution is 2.45. The number of hydrogen-bond acceptors (Lipinski definition) is 6. The number of para-hydroxylation sites is 1. The van der Waals surface area contributed by atoms with Gasteiger partial charge < -0.3 is 9.73 Å². The summed E-state index contributed by atoms with van der Waals surface area (Å²) in [4.78, 5) is 30.3. The number of nitrogens with one attached hydrogen (secondary N) is 1. The number of non-ortho nitro benzene ring substituents is 1. The molecule has 1 atom stereocenters. The average molecular weight is 542 g/mol. The molecule has 2 aromatic heterocycles. The summed E-state index contributed by atoms with van der Waals surface area (Å²) < 4.78 is 6.00. The summed E-state index contributed by atoms with van der Waals surface area (Å²) in [5.74, 6) is 1.41. The second kappa shape index (κ2) is 10.6. The minimum atomic E-state index is -0.418. The van der Waals surface area contributed by atoms with Crippen LogP contribution < -0.4 is 5.32 Å². The number of anilines is 1. The zero-order chi connectivity index (χ0) is 27.7. The first kappa shape index (κ1) is 26.6. The minimum Gasteiger partial charge on any atom is -0.455 e. The molecule has 2 aromatic carbocycles. The topological polar surface area (TPSA) is 97.7 Å². The van der Waals surface area contributed by atoms with Crippen molar-refractivity contribution in [1.82, 2.24) is 0 Å². The molecular formula is C31H31N3O4S. The molecule has 2 heterocycles. The smallest absolute Gasteiger partial charge is 0.270 e. The van der Waals surface area contributed by atoms with E-state index in [0.29, 0.717) is 33.6 Å². The van der Waals surface area contributed by atoms with Crippen molar-refractivity contribution in [2.45, 2.75) is 47.0 Å². The van der Waals surface area contributed by atoms with E-state index < -0.39 is 4.92 Å². The molecule has 0 saturated heterocycles. The highest BCUT2D eigenvalue weighted by molar-refractivity contribution is 7.16. The molecule has 0 unspecified atom stereocenters. The van der Waals surface area contributed by atoms with E-state index in [-0.39, 0.29) is 17.0 Å². The van der Waals surface area contributed by atoms with E-state index in [0.717, 1.165) is 36.1 Å². The second-order valence-corrected chi connectivity index (χ2v) is 12.1. The fraction of sp³-hybridized carbons (Fsp3) is 0.290. The maximum atomic E-state index is 13.5. The highest BCUT2D eigenvalue weighted by Gasteiger charge is 2.33. The van der Waals surface area contributed by atoms with E-state index in [1.165, 1.54) is 17.0 Å². The fourth-order valence-corrected chi connectivity index (χ4v) is 6.30. The van der Waals surface area contributed by atoms with Gasteiger partial charge in [0.1, 0.15) is 16.5 Å². The van der Waals surface area contributed by atoms with Crippen molar-refractivity contribution < 1.29 is 14.1 Å². The standard InChI is InChI=1S/C31H31N3O4S/c1-19-10-12-22(34(36)37)17-25(19)26-15-13-23(38-26)18-32-30-28(29(35)33-21-8-6-5-7-9-21)24-14-11-20(31(2,3)4)16-27(24)39-30/h5-10,12-13,15,17-18,20H,11,14,16H2,1-4H3,(H,33,35)/t20-/m1/s1. The van der Waals surface area contributed by atoms with Gasteiger partial charge in [0.05, 0.1) is 16.7 Å². The molecule has 0 saturated carbocycles. The summed E-state index contributed by atoms with van der Waals surface area (Å²) in [6.07, 6.45) is 4.43. The number of amides is 1. The Labute approximate surface area is 231 Å². The van der Waals surface area contributed by atoms with Crippen LogP contribution in [0.1, 0.15) is 59.3 Å². The quantitative estimate of drug-likeness (QED) is 0.151. The number of nitrogens with zero attached hydrogens (tertiary/aromatic N) is 2. The predicted octanol–water partition coefficient (Wildman–Crippen LogP) is 8.38. The molecular weight excluding hydrogens is 510 g/mol. The third-order valence-corrected chi connectivity index (χ3v) is 8.53. The molecule has 1 aliphatic rings. The first-order valence-electron chi connectivity index (χ1n) is 13.0. The second-order valence-electron chi connectivity index (χ2n) is 11.0. The minimum absolute atomic E-state index is 0.00835. The lowest BCUT2D eigenvalue weighted by molar-refractivity contribution is -0.384. The van der Waals surface area contributed by atoms with Gasteiger partial charge in [-0.2, -0.15) is 0 Å². The predicted molar refractivity (Wildman–Crippen MR) is 156 cm³/mol. The number of aliphatic imine (C=N–C) groups is 1. The number of thiophene rings is 1. The number of carbonyl (C=O) groups is 1. The number of furan rings is 1. The van der Waals surface area contributed by atoms with E-state index in [2.05, 4.69) is 26.1 Å². The van der Waals surface area contributed by atoms with Gasteiger partial charge in [-0.25, -0.2) is 4.99 Å². The molecule has 4 aromatic rings. The maximum absolute atomic E-state index is 13.5. The van der Waals surface area contributed by atoms with E-state index in [1.54, 1.807) is 35.8 Å². The summed E-state index contributed by atoms with van der Waals surface area (Å²) >= 11 is 1.58. The van der Waals surface area contributed by atoms with E-state index in [9.17, 15) is 14.9 Å². The number of rotatable bonds is 6. The molecule has 7 nitrogen and oxygen atoms in total. The number of aryl methyl sites for hydroxylation is 1. The number of benzene rings is 2. The summed E-state index contributed by atoms with van der Waals surface area (Å²) in [6.45, 7) is 8.70. The average Bonchev–Trinajstić information content (AvgIpc) is 3.51. The summed E-state index contributed by atoms with van der Waals surface area (Å²) in [6, 6.07) is 17.7.